The van der Waals surface area contributed by atoms with E-state index in [-0.39, 0.29) is 11.4 Å². The molecule has 19 heavy (non-hydrogen) atoms. The molecule has 0 atom stereocenters. The number of carbonyl (C=O) groups is 1. The first kappa shape index (κ1) is 13.9. The van der Waals surface area contributed by atoms with Crippen molar-refractivity contribution in [1.82, 2.24) is 9.80 Å². The number of benzene rings is 1. The first-order chi connectivity index (χ1) is 8.88. The zero-order valence-corrected chi connectivity index (χ0v) is 12.0. The summed E-state index contributed by atoms with van der Waals surface area (Å²) in [6.45, 7) is 10.1. The average Bonchev–Trinajstić information content (AvgIpc) is 2.38. The van der Waals surface area contributed by atoms with Crippen LogP contribution in [0, 0.1) is 0 Å². The summed E-state index contributed by atoms with van der Waals surface area (Å²) in [6.07, 6.45) is 0. The van der Waals surface area contributed by atoms with Crippen molar-refractivity contribution in [2.75, 3.05) is 31.9 Å². The van der Waals surface area contributed by atoms with Gasteiger partial charge in [-0.15, -0.1) is 0 Å². The summed E-state index contributed by atoms with van der Waals surface area (Å²) in [5.74, 6) is 0.105. The summed E-state index contributed by atoms with van der Waals surface area (Å²) in [4.78, 5) is 16.7. The van der Waals surface area contributed by atoms with Crippen molar-refractivity contribution >= 4 is 11.6 Å². The molecule has 1 amide bonds. The fourth-order valence-electron chi connectivity index (χ4n) is 2.39. The molecule has 4 nitrogen and oxygen atoms in total. The van der Waals surface area contributed by atoms with Crippen LogP contribution in [0.15, 0.2) is 24.3 Å². The third-order valence-corrected chi connectivity index (χ3v) is 3.67. The van der Waals surface area contributed by atoms with Gasteiger partial charge in [0.1, 0.15) is 0 Å². The van der Waals surface area contributed by atoms with E-state index >= 15 is 0 Å². The normalized spacial score (nSPS) is 17.5. The standard InChI is InChI=1S/C15H23N3O/c1-15(2,3)18-10-8-17(9-11-18)14(19)12-4-6-13(16)7-5-12/h4-7H,8-11,16H2,1-3H3. The summed E-state index contributed by atoms with van der Waals surface area (Å²) in [5, 5.41) is 0. The van der Waals surface area contributed by atoms with Gasteiger partial charge in [-0.2, -0.15) is 0 Å². The molecule has 1 aliphatic rings. The summed E-state index contributed by atoms with van der Waals surface area (Å²) in [6, 6.07) is 7.15. The molecule has 0 saturated carbocycles. The molecule has 1 heterocycles. The van der Waals surface area contributed by atoms with Gasteiger partial charge in [-0.3, -0.25) is 9.69 Å². The van der Waals surface area contributed by atoms with Gasteiger partial charge in [-0.25, -0.2) is 0 Å². The second-order valence-electron chi connectivity index (χ2n) is 6.07. The number of rotatable bonds is 1. The maximum absolute atomic E-state index is 12.3. The minimum Gasteiger partial charge on any atom is -0.399 e. The maximum Gasteiger partial charge on any atom is 0.253 e. The Morgan fingerprint density at radius 1 is 1.05 bits per heavy atom. The lowest BCUT2D eigenvalue weighted by molar-refractivity contribution is 0.0451. The van der Waals surface area contributed by atoms with E-state index in [1.807, 2.05) is 4.90 Å². The first-order valence-electron chi connectivity index (χ1n) is 6.78. The highest BCUT2D eigenvalue weighted by Crippen LogP contribution is 2.17. The minimum atomic E-state index is 0.105. The van der Waals surface area contributed by atoms with Crippen molar-refractivity contribution in [2.45, 2.75) is 26.3 Å². The van der Waals surface area contributed by atoms with E-state index in [0.717, 1.165) is 31.7 Å². The third-order valence-electron chi connectivity index (χ3n) is 3.67. The van der Waals surface area contributed by atoms with E-state index < -0.39 is 0 Å². The van der Waals surface area contributed by atoms with Crippen molar-refractivity contribution in [3.63, 3.8) is 0 Å². The monoisotopic (exact) mass is 261 g/mol. The number of nitrogen functional groups attached to an aromatic ring is 1. The van der Waals surface area contributed by atoms with Gasteiger partial charge in [0.15, 0.2) is 0 Å². The van der Waals surface area contributed by atoms with Crippen molar-refractivity contribution in [3.8, 4) is 0 Å². The molecule has 2 rings (SSSR count). The summed E-state index contributed by atoms with van der Waals surface area (Å²) >= 11 is 0. The summed E-state index contributed by atoms with van der Waals surface area (Å²) in [7, 11) is 0. The second-order valence-corrected chi connectivity index (χ2v) is 6.07. The SMILES string of the molecule is CC(C)(C)N1CCN(C(=O)c2ccc(N)cc2)CC1. The molecule has 1 aromatic rings. The molecule has 0 aliphatic carbocycles. The topological polar surface area (TPSA) is 49.6 Å². The zero-order valence-electron chi connectivity index (χ0n) is 12.0. The van der Waals surface area contributed by atoms with Crippen LogP contribution in [0.4, 0.5) is 5.69 Å². The van der Waals surface area contributed by atoms with Crippen LogP contribution >= 0.6 is 0 Å². The molecule has 1 aromatic carbocycles. The molecule has 0 radical (unpaired) electrons. The predicted molar refractivity (Wildman–Crippen MR) is 78.1 cm³/mol. The molecular formula is C15H23N3O. The van der Waals surface area contributed by atoms with E-state index in [2.05, 4.69) is 25.7 Å². The van der Waals surface area contributed by atoms with Gasteiger partial charge in [-0.05, 0) is 45.0 Å². The van der Waals surface area contributed by atoms with Crippen molar-refractivity contribution in [1.29, 1.82) is 0 Å². The van der Waals surface area contributed by atoms with Crippen LogP contribution < -0.4 is 5.73 Å². The highest BCUT2D eigenvalue weighted by molar-refractivity contribution is 5.94. The van der Waals surface area contributed by atoms with E-state index in [0.29, 0.717) is 5.69 Å². The molecule has 1 fully saturated rings. The van der Waals surface area contributed by atoms with E-state index in [9.17, 15) is 4.79 Å². The number of amides is 1. The number of anilines is 1. The van der Waals surface area contributed by atoms with Crippen molar-refractivity contribution in [3.05, 3.63) is 29.8 Å². The Kier molecular flexibility index (Phi) is 3.80. The Balaban J connectivity index is 1.98. The fourth-order valence-corrected chi connectivity index (χ4v) is 2.39. The molecular weight excluding hydrogens is 238 g/mol. The number of carbonyl (C=O) groups excluding carboxylic acids is 1. The molecule has 4 heteroatoms. The number of hydrogen-bond donors (Lipinski definition) is 1. The van der Waals surface area contributed by atoms with Crippen LogP contribution in [0.5, 0.6) is 0 Å². The Hall–Kier alpha value is -1.55. The Morgan fingerprint density at radius 3 is 2.05 bits per heavy atom. The largest absolute Gasteiger partial charge is 0.399 e. The molecule has 1 saturated heterocycles. The lowest BCUT2D eigenvalue weighted by Gasteiger charge is -2.42. The molecule has 104 valence electrons. The second kappa shape index (κ2) is 5.21. The quantitative estimate of drug-likeness (QED) is 0.785. The van der Waals surface area contributed by atoms with Crippen LogP contribution in [-0.2, 0) is 0 Å². The highest BCUT2D eigenvalue weighted by Gasteiger charge is 2.28. The molecule has 0 spiro atoms. The van der Waals surface area contributed by atoms with Crippen LogP contribution in [0.1, 0.15) is 31.1 Å². The van der Waals surface area contributed by atoms with Gasteiger partial charge < -0.3 is 10.6 Å². The Labute approximate surface area is 115 Å². The Morgan fingerprint density at radius 2 is 1.58 bits per heavy atom. The number of nitrogens with two attached hydrogens (primary N) is 1. The van der Waals surface area contributed by atoms with Gasteiger partial charge >= 0.3 is 0 Å². The van der Waals surface area contributed by atoms with Gasteiger partial charge in [0.05, 0.1) is 0 Å². The van der Waals surface area contributed by atoms with Crippen molar-refractivity contribution < 1.29 is 4.79 Å². The van der Waals surface area contributed by atoms with Crippen LogP contribution in [0.2, 0.25) is 0 Å². The van der Waals surface area contributed by atoms with Gasteiger partial charge in [0, 0.05) is 43.0 Å². The van der Waals surface area contributed by atoms with E-state index in [4.69, 9.17) is 5.73 Å². The lowest BCUT2D eigenvalue weighted by Crippen LogP contribution is -2.54. The van der Waals surface area contributed by atoms with Crippen molar-refractivity contribution in [2.24, 2.45) is 0 Å². The molecule has 0 aromatic heterocycles. The maximum atomic E-state index is 12.3. The smallest absolute Gasteiger partial charge is 0.253 e. The van der Waals surface area contributed by atoms with Gasteiger partial charge in [-0.1, -0.05) is 0 Å². The first-order valence-corrected chi connectivity index (χ1v) is 6.78. The van der Waals surface area contributed by atoms with Gasteiger partial charge in [0.2, 0.25) is 0 Å². The Bertz CT molecular complexity index is 439. The van der Waals surface area contributed by atoms with E-state index in [1.54, 1.807) is 24.3 Å². The minimum absolute atomic E-state index is 0.105. The number of nitrogens with zero attached hydrogens (tertiary/aromatic N) is 2. The molecule has 1 aliphatic heterocycles. The number of hydrogen-bond acceptors (Lipinski definition) is 3. The lowest BCUT2D eigenvalue weighted by atomic mass is 10.0. The van der Waals surface area contributed by atoms with Gasteiger partial charge in [0.25, 0.3) is 5.91 Å². The highest BCUT2D eigenvalue weighted by atomic mass is 16.2. The van der Waals surface area contributed by atoms with E-state index in [1.165, 1.54) is 0 Å². The third kappa shape index (κ3) is 3.26. The molecule has 2 N–H and O–H groups in total. The number of piperazine rings is 1. The molecule has 0 unspecified atom stereocenters. The summed E-state index contributed by atoms with van der Waals surface area (Å²) < 4.78 is 0. The van der Waals surface area contributed by atoms with Crippen LogP contribution in [0.25, 0.3) is 0 Å². The predicted octanol–water partition coefficient (Wildman–Crippen LogP) is 1.83. The van der Waals surface area contributed by atoms with Crippen LogP contribution in [-0.4, -0.2) is 47.4 Å². The molecule has 0 bridgehead atoms. The zero-order chi connectivity index (χ0) is 14.0. The fraction of sp³-hybridized carbons (Fsp3) is 0.533. The summed E-state index contributed by atoms with van der Waals surface area (Å²) in [5.41, 5.74) is 7.23. The van der Waals surface area contributed by atoms with Crippen LogP contribution in [0.3, 0.4) is 0 Å². The average molecular weight is 261 g/mol.